The minimum atomic E-state index is -3.92. The Morgan fingerprint density at radius 2 is 1.75 bits per heavy atom. The van der Waals surface area contributed by atoms with Crippen molar-refractivity contribution in [2.24, 2.45) is 0 Å². The molecule has 1 unspecified atom stereocenters. The Hall–Kier alpha value is -4.76. The summed E-state index contributed by atoms with van der Waals surface area (Å²) >= 11 is 6.04. The van der Waals surface area contributed by atoms with Crippen molar-refractivity contribution in [2.45, 2.75) is 38.4 Å². The van der Waals surface area contributed by atoms with E-state index in [2.05, 4.69) is 10.1 Å². The van der Waals surface area contributed by atoms with Gasteiger partial charge >= 0.3 is 12.2 Å². The first kappa shape index (κ1) is 32.2. The standard InChI is InChI=1S/C28H24ClF4N5O6/c1-27(2,3)44-26(43)38(25(41)42)24-35-19-12-15(10-11-37(19)36-24)17-8-9-18(29)20(21(17)31)23(40)34-13-28(32,33)22(39)14-4-6-16(30)7-5-14/h4-12,22,39H,13H2,1-3H3,(H,34,40)(H,41,42). The van der Waals surface area contributed by atoms with Crippen LogP contribution in [0.3, 0.4) is 0 Å². The van der Waals surface area contributed by atoms with Gasteiger partial charge in [-0.1, -0.05) is 23.7 Å². The molecule has 0 radical (unpaired) electrons. The first-order valence-corrected chi connectivity index (χ1v) is 13.1. The molecule has 2 aromatic heterocycles. The summed E-state index contributed by atoms with van der Waals surface area (Å²) in [5.41, 5.74) is -2.21. The smallest absolute Gasteiger partial charge is 0.427 e. The van der Waals surface area contributed by atoms with Crippen LogP contribution < -0.4 is 10.2 Å². The lowest BCUT2D eigenvalue weighted by molar-refractivity contribution is -0.106. The molecule has 3 N–H and O–H groups in total. The van der Waals surface area contributed by atoms with Crippen molar-refractivity contribution in [1.29, 1.82) is 0 Å². The summed E-state index contributed by atoms with van der Waals surface area (Å²) in [6.45, 7) is 3.20. The van der Waals surface area contributed by atoms with E-state index < -0.39 is 70.4 Å². The predicted molar refractivity (Wildman–Crippen MR) is 149 cm³/mol. The monoisotopic (exact) mass is 637 g/mol. The molecule has 0 aliphatic rings. The molecule has 0 bridgehead atoms. The van der Waals surface area contributed by atoms with Gasteiger partial charge in [0.05, 0.1) is 17.1 Å². The van der Waals surface area contributed by atoms with Crippen molar-refractivity contribution in [2.75, 3.05) is 11.4 Å². The van der Waals surface area contributed by atoms with Crippen LogP contribution in [0.2, 0.25) is 5.02 Å². The molecule has 0 saturated heterocycles. The van der Waals surface area contributed by atoms with E-state index in [0.717, 1.165) is 34.8 Å². The zero-order valence-electron chi connectivity index (χ0n) is 23.2. The maximum atomic E-state index is 15.6. The highest BCUT2D eigenvalue weighted by Crippen LogP contribution is 2.33. The van der Waals surface area contributed by atoms with Gasteiger partial charge in [0, 0.05) is 11.8 Å². The van der Waals surface area contributed by atoms with Gasteiger partial charge in [0.1, 0.15) is 23.3 Å². The fraction of sp³-hybridized carbons (Fsp3) is 0.250. The number of carboxylic acid groups (broad SMARTS) is 1. The highest BCUT2D eigenvalue weighted by atomic mass is 35.5. The maximum Gasteiger partial charge on any atom is 0.427 e. The summed E-state index contributed by atoms with van der Waals surface area (Å²) < 4.78 is 64.2. The van der Waals surface area contributed by atoms with E-state index in [0.29, 0.717) is 0 Å². The van der Waals surface area contributed by atoms with Gasteiger partial charge in [0.15, 0.2) is 5.65 Å². The van der Waals surface area contributed by atoms with Crippen molar-refractivity contribution in [3.63, 3.8) is 0 Å². The number of nitrogens with zero attached hydrogens (tertiary/aromatic N) is 4. The molecule has 2 heterocycles. The number of fused-ring (bicyclic) bond motifs is 1. The fourth-order valence-corrected chi connectivity index (χ4v) is 4.17. The number of hydrogen-bond acceptors (Lipinski definition) is 7. The van der Waals surface area contributed by atoms with Crippen molar-refractivity contribution >= 4 is 41.3 Å². The lowest BCUT2D eigenvalue weighted by atomic mass is 10.0. The van der Waals surface area contributed by atoms with Gasteiger partial charge in [-0.3, -0.25) is 4.79 Å². The average molecular weight is 638 g/mol. The van der Waals surface area contributed by atoms with Crippen molar-refractivity contribution in [3.05, 3.63) is 82.5 Å². The third kappa shape index (κ3) is 6.89. The van der Waals surface area contributed by atoms with E-state index in [9.17, 15) is 37.8 Å². The lowest BCUT2D eigenvalue weighted by Gasteiger charge is -2.23. The number of hydrogen-bond donors (Lipinski definition) is 3. The number of aliphatic hydroxyl groups is 1. The topological polar surface area (TPSA) is 146 Å². The number of imide groups is 1. The Morgan fingerprint density at radius 3 is 2.36 bits per heavy atom. The fourth-order valence-electron chi connectivity index (χ4n) is 3.94. The molecule has 0 aliphatic carbocycles. The van der Waals surface area contributed by atoms with E-state index >= 15 is 4.39 Å². The lowest BCUT2D eigenvalue weighted by Crippen LogP contribution is -2.41. The van der Waals surface area contributed by atoms with E-state index in [1.807, 2.05) is 5.32 Å². The highest BCUT2D eigenvalue weighted by molar-refractivity contribution is 6.34. The third-order valence-electron chi connectivity index (χ3n) is 5.99. The Balaban J connectivity index is 1.60. The van der Waals surface area contributed by atoms with Crippen molar-refractivity contribution in [3.8, 4) is 11.1 Å². The van der Waals surface area contributed by atoms with Gasteiger partial charge in [-0.05, 0) is 68.3 Å². The highest BCUT2D eigenvalue weighted by Gasteiger charge is 2.40. The van der Waals surface area contributed by atoms with Crippen LogP contribution in [0.1, 0.15) is 42.8 Å². The number of alkyl halides is 2. The van der Waals surface area contributed by atoms with Gasteiger partial charge in [-0.2, -0.15) is 4.98 Å². The molecule has 11 nitrogen and oxygen atoms in total. The van der Waals surface area contributed by atoms with Crippen LogP contribution in [0, 0.1) is 11.6 Å². The molecule has 3 amide bonds. The number of carbonyl (C=O) groups excluding carboxylic acids is 2. The number of benzene rings is 2. The SMILES string of the molecule is CC(C)(C)OC(=O)N(C(=O)O)c1nc2cc(-c3ccc(Cl)c(C(=O)NCC(F)(F)C(O)c4ccc(F)cc4)c3F)ccn2n1. The summed E-state index contributed by atoms with van der Waals surface area (Å²) in [5, 5.41) is 25.0. The Bertz CT molecular complexity index is 1740. The number of halogens is 5. The average Bonchev–Trinajstić information content (AvgIpc) is 3.33. The van der Waals surface area contributed by atoms with Crippen LogP contribution in [0.25, 0.3) is 16.8 Å². The molecular weight excluding hydrogens is 614 g/mol. The summed E-state index contributed by atoms with van der Waals surface area (Å²) in [4.78, 5) is 41.2. The molecule has 0 aliphatic heterocycles. The molecule has 2 aromatic carbocycles. The summed E-state index contributed by atoms with van der Waals surface area (Å²) in [5.74, 6) is -7.66. The van der Waals surface area contributed by atoms with Crippen molar-refractivity contribution in [1.82, 2.24) is 19.9 Å². The maximum absolute atomic E-state index is 15.6. The first-order chi connectivity index (χ1) is 20.5. The molecule has 1 atom stereocenters. The molecule has 0 saturated carbocycles. The van der Waals surface area contributed by atoms with Gasteiger partial charge in [0.25, 0.3) is 17.8 Å². The van der Waals surface area contributed by atoms with E-state index in [-0.39, 0.29) is 27.2 Å². The van der Waals surface area contributed by atoms with Crippen molar-refractivity contribution < 1.29 is 46.9 Å². The molecule has 0 spiro atoms. The van der Waals surface area contributed by atoms with Gasteiger partial charge in [0.2, 0.25) is 0 Å². The predicted octanol–water partition coefficient (Wildman–Crippen LogP) is 5.85. The zero-order chi connectivity index (χ0) is 32.6. The summed E-state index contributed by atoms with van der Waals surface area (Å²) in [7, 11) is 0. The van der Waals surface area contributed by atoms with E-state index in [1.165, 1.54) is 45.2 Å². The largest absolute Gasteiger partial charge is 0.464 e. The van der Waals surface area contributed by atoms with Crippen LogP contribution in [0.4, 0.5) is 33.1 Å². The minimum Gasteiger partial charge on any atom is -0.464 e. The Labute approximate surface area is 251 Å². The molecular formula is C28H24ClF4N5O6. The Morgan fingerprint density at radius 1 is 1.09 bits per heavy atom. The van der Waals surface area contributed by atoms with Gasteiger partial charge in [-0.15, -0.1) is 10.00 Å². The molecule has 4 aromatic rings. The van der Waals surface area contributed by atoms with Crippen LogP contribution >= 0.6 is 11.6 Å². The number of rotatable bonds is 7. The normalized spacial score (nSPS) is 12.6. The van der Waals surface area contributed by atoms with Crippen LogP contribution in [0.5, 0.6) is 0 Å². The second-order valence-corrected chi connectivity index (χ2v) is 10.8. The number of carbonyl (C=O) groups is 3. The Kier molecular flexibility index (Phi) is 8.83. The van der Waals surface area contributed by atoms with Gasteiger partial charge < -0.3 is 20.3 Å². The molecule has 232 valence electrons. The molecule has 4 rings (SSSR count). The van der Waals surface area contributed by atoms with Crippen LogP contribution in [0.15, 0.2) is 54.7 Å². The number of aliphatic hydroxyl groups excluding tert-OH is 1. The number of amides is 3. The zero-order valence-corrected chi connectivity index (χ0v) is 23.9. The quantitative estimate of drug-likeness (QED) is 0.214. The van der Waals surface area contributed by atoms with Crippen LogP contribution in [-0.2, 0) is 4.74 Å². The van der Waals surface area contributed by atoms with Crippen LogP contribution in [-0.4, -0.2) is 61.0 Å². The summed E-state index contributed by atoms with van der Waals surface area (Å²) in [6, 6.07) is 8.67. The third-order valence-corrected chi connectivity index (χ3v) is 6.31. The van der Waals surface area contributed by atoms with Gasteiger partial charge in [-0.25, -0.2) is 31.7 Å². The second-order valence-electron chi connectivity index (χ2n) is 10.4. The second kappa shape index (κ2) is 12.1. The number of aromatic nitrogens is 3. The minimum absolute atomic E-state index is 0.0258. The first-order valence-electron chi connectivity index (χ1n) is 12.7. The molecule has 0 fully saturated rings. The van der Waals surface area contributed by atoms with E-state index in [4.69, 9.17) is 16.3 Å². The number of nitrogens with one attached hydrogen (secondary N) is 1. The molecule has 44 heavy (non-hydrogen) atoms. The summed E-state index contributed by atoms with van der Waals surface area (Å²) in [6.07, 6.45) is -4.09. The number of ether oxygens (including phenoxy) is 1. The number of anilines is 1. The van der Waals surface area contributed by atoms with E-state index in [1.54, 1.807) is 0 Å². The molecule has 16 heteroatoms. The number of pyridine rings is 1.